The van der Waals surface area contributed by atoms with Gasteiger partial charge in [0.25, 0.3) is 0 Å². The second-order valence-electron chi connectivity index (χ2n) is 2.94. The molecule has 0 aliphatic heterocycles. The van der Waals surface area contributed by atoms with E-state index < -0.39 is 0 Å². The molecule has 0 aliphatic carbocycles. The van der Waals surface area contributed by atoms with E-state index in [0.29, 0.717) is 0 Å². The van der Waals surface area contributed by atoms with Gasteiger partial charge in [-0.3, -0.25) is 0 Å². The summed E-state index contributed by atoms with van der Waals surface area (Å²) >= 11 is 3.32. The van der Waals surface area contributed by atoms with Crippen LogP contribution in [0.2, 0.25) is 0 Å². The van der Waals surface area contributed by atoms with Crippen molar-refractivity contribution in [1.29, 1.82) is 0 Å². The first kappa shape index (κ1) is 9.61. The van der Waals surface area contributed by atoms with Crippen LogP contribution < -0.4 is 5.32 Å². The van der Waals surface area contributed by atoms with E-state index >= 15 is 0 Å². The zero-order valence-corrected chi connectivity index (χ0v) is 9.92. The lowest BCUT2D eigenvalue weighted by atomic mass is 10.3. The highest BCUT2D eigenvalue weighted by molar-refractivity contribution is 7.16. The maximum atomic E-state index is 4.45. The number of aryl methyl sites for hydroxylation is 2. The Labute approximate surface area is 90.9 Å². The molecule has 0 atom stereocenters. The standard InChI is InChI=1S/C9H11N3S2/c1-5-8(14-6(2)11-5)7-4-13-9(10-3)12-7/h4H,1-3H3,(H,10,12). The molecule has 0 aromatic carbocycles. The molecule has 1 N–H and O–H groups in total. The molecule has 0 radical (unpaired) electrons. The second kappa shape index (κ2) is 3.67. The highest BCUT2D eigenvalue weighted by Gasteiger charge is 2.10. The number of aromatic nitrogens is 2. The van der Waals surface area contributed by atoms with Crippen molar-refractivity contribution in [2.24, 2.45) is 0 Å². The van der Waals surface area contributed by atoms with Gasteiger partial charge in [0.2, 0.25) is 0 Å². The summed E-state index contributed by atoms with van der Waals surface area (Å²) in [7, 11) is 1.88. The first-order valence-corrected chi connectivity index (χ1v) is 5.98. The maximum Gasteiger partial charge on any atom is 0.182 e. The molecule has 0 spiro atoms. The average molecular weight is 225 g/mol. The largest absolute Gasteiger partial charge is 0.365 e. The predicted octanol–water partition coefficient (Wildman–Crippen LogP) is 2.93. The van der Waals surface area contributed by atoms with Crippen LogP contribution in [0, 0.1) is 13.8 Å². The Bertz CT molecular complexity index is 445. The normalized spacial score (nSPS) is 10.5. The molecule has 2 heterocycles. The van der Waals surface area contributed by atoms with Gasteiger partial charge in [0.1, 0.15) is 0 Å². The Morgan fingerprint density at radius 3 is 2.57 bits per heavy atom. The third-order valence-electron chi connectivity index (χ3n) is 1.85. The Hall–Kier alpha value is -0.940. The van der Waals surface area contributed by atoms with Crippen LogP contribution in [0.15, 0.2) is 5.38 Å². The number of nitrogens with zero attached hydrogens (tertiary/aromatic N) is 2. The smallest absolute Gasteiger partial charge is 0.182 e. The van der Waals surface area contributed by atoms with Gasteiger partial charge in [-0.1, -0.05) is 0 Å². The van der Waals surface area contributed by atoms with Gasteiger partial charge in [-0.2, -0.15) is 0 Å². The third kappa shape index (κ3) is 1.65. The highest BCUT2D eigenvalue weighted by Crippen LogP contribution is 2.31. The molecule has 3 nitrogen and oxygen atoms in total. The summed E-state index contributed by atoms with van der Waals surface area (Å²) in [5, 5.41) is 7.14. The first-order chi connectivity index (χ1) is 6.70. The van der Waals surface area contributed by atoms with Crippen molar-refractivity contribution in [2.45, 2.75) is 13.8 Å². The summed E-state index contributed by atoms with van der Waals surface area (Å²) in [4.78, 5) is 10.0. The molecule has 0 saturated heterocycles. The lowest BCUT2D eigenvalue weighted by Gasteiger charge is -1.91. The zero-order valence-electron chi connectivity index (χ0n) is 8.29. The minimum atomic E-state index is 0.949. The van der Waals surface area contributed by atoms with E-state index in [1.54, 1.807) is 22.7 Å². The fourth-order valence-corrected chi connectivity index (χ4v) is 2.88. The highest BCUT2D eigenvalue weighted by atomic mass is 32.1. The molecule has 74 valence electrons. The number of rotatable bonds is 2. The van der Waals surface area contributed by atoms with Crippen molar-refractivity contribution in [2.75, 3.05) is 12.4 Å². The Morgan fingerprint density at radius 2 is 2.07 bits per heavy atom. The van der Waals surface area contributed by atoms with Crippen LogP contribution >= 0.6 is 22.7 Å². The molecule has 0 aliphatic rings. The third-order valence-corrected chi connectivity index (χ3v) is 3.81. The number of nitrogens with one attached hydrogen (secondary N) is 1. The van der Waals surface area contributed by atoms with E-state index in [9.17, 15) is 0 Å². The Balaban J connectivity index is 2.43. The Morgan fingerprint density at radius 1 is 1.29 bits per heavy atom. The number of anilines is 1. The molecule has 2 aromatic heterocycles. The van der Waals surface area contributed by atoms with Gasteiger partial charge in [0, 0.05) is 12.4 Å². The topological polar surface area (TPSA) is 37.8 Å². The average Bonchev–Trinajstić information content (AvgIpc) is 2.71. The monoisotopic (exact) mass is 225 g/mol. The van der Waals surface area contributed by atoms with Crippen molar-refractivity contribution in [1.82, 2.24) is 9.97 Å². The summed E-state index contributed by atoms with van der Waals surface area (Å²) < 4.78 is 0. The van der Waals surface area contributed by atoms with Crippen molar-refractivity contribution in [3.63, 3.8) is 0 Å². The zero-order chi connectivity index (χ0) is 10.1. The van der Waals surface area contributed by atoms with Gasteiger partial charge in [0.15, 0.2) is 5.13 Å². The lowest BCUT2D eigenvalue weighted by Crippen LogP contribution is -1.85. The van der Waals surface area contributed by atoms with Gasteiger partial charge in [-0.15, -0.1) is 22.7 Å². The van der Waals surface area contributed by atoms with Crippen LogP contribution in [-0.4, -0.2) is 17.0 Å². The predicted molar refractivity (Wildman–Crippen MR) is 62.2 cm³/mol. The van der Waals surface area contributed by atoms with Gasteiger partial charge in [-0.25, -0.2) is 9.97 Å². The van der Waals surface area contributed by atoms with Crippen LogP contribution in [0.3, 0.4) is 0 Å². The molecule has 0 amide bonds. The number of thiazole rings is 2. The molecule has 2 rings (SSSR count). The Kier molecular flexibility index (Phi) is 2.52. The second-order valence-corrected chi connectivity index (χ2v) is 5.00. The van der Waals surface area contributed by atoms with Crippen LogP contribution in [0.4, 0.5) is 5.13 Å². The van der Waals surface area contributed by atoms with Crippen molar-refractivity contribution in [3.05, 3.63) is 16.1 Å². The van der Waals surface area contributed by atoms with E-state index in [-0.39, 0.29) is 0 Å². The molecule has 14 heavy (non-hydrogen) atoms. The summed E-state index contributed by atoms with van der Waals surface area (Å²) in [6.07, 6.45) is 0. The van der Waals surface area contributed by atoms with Crippen molar-refractivity contribution < 1.29 is 0 Å². The molecular formula is C9H11N3S2. The molecule has 0 saturated carbocycles. The van der Waals surface area contributed by atoms with E-state index in [2.05, 4.69) is 20.7 Å². The van der Waals surface area contributed by atoms with Gasteiger partial charge in [0.05, 0.1) is 21.3 Å². The number of hydrogen-bond donors (Lipinski definition) is 1. The quantitative estimate of drug-likeness (QED) is 0.854. The molecule has 2 aromatic rings. The van der Waals surface area contributed by atoms with E-state index in [1.165, 1.54) is 4.88 Å². The van der Waals surface area contributed by atoms with Crippen LogP contribution in [0.1, 0.15) is 10.7 Å². The van der Waals surface area contributed by atoms with Crippen molar-refractivity contribution >= 4 is 27.8 Å². The summed E-state index contributed by atoms with van der Waals surface area (Å²) in [6, 6.07) is 0. The maximum absolute atomic E-state index is 4.45. The molecule has 5 heteroatoms. The van der Waals surface area contributed by atoms with Crippen molar-refractivity contribution in [3.8, 4) is 10.6 Å². The van der Waals surface area contributed by atoms with E-state index in [4.69, 9.17) is 0 Å². The molecule has 0 unspecified atom stereocenters. The van der Waals surface area contributed by atoms with E-state index in [0.717, 1.165) is 21.5 Å². The fraction of sp³-hybridized carbons (Fsp3) is 0.333. The SMILES string of the molecule is CNc1nc(-c2sc(C)nc2C)cs1. The minimum absolute atomic E-state index is 0.949. The van der Waals surface area contributed by atoms with Gasteiger partial charge < -0.3 is 5.32 Å². The summed E-state index contributed by atoms with van der Waals surface area (Å²) in [5.41, 5.74) is 2.10. The molecule has 0 fully saturated rings. The lowest BCUT2D eigenvalue weighted by molar-refractivity contribution is 1.20. The summed E-state index contributed by atoms with van der Waals surface area (Å²) in [5.74, 6) is 0. The minimum Gasteiger partial charge on any atom is -0.365 e. The van der Waals surface area contributed by atoms with Crippen LogP contribution in [0.5, 0.6) is 0 Å². The molecule has 0 bridgehead atoms. The molecular weight excluding hydrogens is 214 g/mol. The fourth-order valence-electron chi connectivity index (χ4n) is 1.26. The van der Waals surface area contributed by atoms with Gasteiger partial charge in [-0.05, 0) is 13.8 Å². The van der Waals surface area contributed by atoms with Crippen LogP contribution in [-0.2, 0) is 0 Å². The number of hydrogen-bond acceptors (Lipinski definition) is 5. The van der Waals surface area contributed by atoms with E-state index in [1.807, 2.05) is 20.9 Å². The summed E-state index contributed by atoms with van der Waals surface area (Å²) in [6.45, 7) is 4.05. The first-order valence-electron chi connectivity index (χ1n) is 4.28. The van der Waals surface area contributed by atoms with Crippen LogP contribution in [0.25, 0.3) is 10.6 Å². The van der Waals surface area contributed by atoms with Gasteiger partial charge >= 0.3 is 0 Å².